The molecular weight excluding hydrogens is 536 g/mol. The van der Waals surface area contributed by atoms with Gasteiger partial charge < -0.3 is 24.4 Å². The largest absolute Gasteiger partial charge is 0.495 e. The van der Waals surface area contributed by atoms with E-state index in [1.54, 1.807) is 19.5 Å². The molecule has 192 valence electrons. The Hall–Kier alpha value is -2.49. The van der Waals surface area contributed by atoms with Crippen LogP contribution in [0, 0.1) is 5.92 Å². The van der Waals surface area contributed by atoms with Crippen molar-refractivity contribution in [3.63, 3.8) is 0 Å². The van der Waals surface area contributed by atoms with E-state index in [1.165, 1.54) is 0 Å². The van der Waals surface area contributed by atoms with Gasteiger partial charge in [0, 0.05) is 34.9 Å². The normalized spacial score (nSPS) is 35.8. The molecule has 4 aliphatic rings. The van der Waals surface area contributed by atoms with Gasteiger partial charge in [-0.2, -0.15) is 0 Å². The number of nitrogens with zero attached hydrogens (tertiary/aromatic N) is 2. The highest BCUT2D eigenvalue weighted by molar-refractivity contribution is 9.10. The number of aliphatic hydroxyl groups excluding tert-OH is 1. The Morgan fingerprint density at radius 3 is 2.49 bits per heavy atom. The average Bonchev–Trinajstić information content (AvgIpc) is 3.31. The highest BCUT2D eigenvalue weighted by Crippen LogP contribution is 2.69. The number of rotatable bonds is 5. The predicted octanol–water partition coefficient (Wildman–Crippen LogP) is 3.58. The fourth-order valence-electron chi connectivity index (χ4n) is 7.39. The van der Waals surface area contributed by atoms with Crippen molar-refractivity contribution in [2.45, 2.75) is 41.7 Å². The summed E-state index contributed by atoms with van der Waals surface area (Å²) in [6, 6.07) is 18.6. The van der Waals surface area contributed by atoms with Gasteiger partial charge in [0.15, 0.2) is 11.2 Å². The number of hydrogen-bond acceptors (Lipinski definition) is 7. The molecule has 2 bridgehead atoms. The van der Waals surface area contributed by atoms with Gasteiger partial charge in [0.1, 0.15) is 11.5 Å². The lowest BCUT2D eigenvalue weighted by molar-refractivity contribution is -0.158. The van der Waals surface area contributed by atoms with Crippen LogP contribution < -0.4 is 9.47 Å². The Kier molecular flexibility index (Phi) is 5.43. The summed E-state index contributed by atoms with van der Waals surface area (Å²) < 4.78 is 19.2. The second-order valence-corrected chi connectivity index (χ2v) is 11.5. The van der Waals surface area contributed by atoms with Crippen molar-refractivity contribution < 1.29 is 24.4 Å². The van der Waals surface area contributed by atoms with Crippen molar-refractivity contribution in [1.82, 2.24) is 9.88 Å². The van der Waals surface area contributed by atoms with E-state index in [1.807, 2.05) is 42.5 Å². The van der Waals surface area contributed by atoms with E-state index in [9.17, 15) is 10.2 Å². The maximum absolute atomic E-state index is 12.9. The molecule has 0 amide bonds. The first kappa shape index (κ1) is 23.6. The Morgan fingerprint density at radius 1 is 1.08 bits per heavy atom. The quantitative estimate of drug-likeness (QED) is 0.490. The second kappa shape index (κ2) is 8.51. The van der Waals surface area contributed by atoms with Crippen LogP contribution in [-0.4, -0.2) is 65.2 Å². The molecule has 2 N–H and O–H groups in total. The number of aromatic nitrogens is 1. The molecule has 2 unspecified atom stereocenters. The van der Waals surface area contributed by atoms with Gasteiger partial charge in [0.2, 0.25) is 0 Å². The minimum atomic E-state index is -1.77. The molecule has 3 fully saturated rings. The van der Waals surface area contributed by atoms with Gasteiger partial charge in [-0.1, -0.05) is 58.4 Å². The van der Waals surface area contributed by atoms with Gasteiger partial charge in [0.05, 0.1) is 44.4 Å². The third-order valence-corrected chi connectivity index (χ3v) is 9.50. The molecule has 8 heteroatoms. The van der Waals surface area contributed by atoms with E-state index in [-0.39, 0.29) is 11.8 Å². The van der Waals surface area contributed by atoms with Crippen LogP contribution in [0.3, 0.4) is 0 Å². The first-order valence-corrected chi connectivity index (χ1v) is 13.5. The van der Waals surface area contributed by atoms with E-state index < -0.39 is 17.3 Å². The van der Waals surface area contributed by atoms with Gasteiger partial charge in [-0.25, -0.2) is 0 Å². The summed E-state index contributed by atoms with van der Waals surface area (Å²) in [7, 11) is 1.55. The summed E-state index contributed by atoms with van der Waals surface area (Å²) in [5.41, 5.74) is -0.817. The van der Waals surface area contributed by atoms with Crippen LogP contribution in [0.25, 0.3) is 0 Å². The molecule has 1 saturated carbocycles. The molecule has 2 saturated heterocycles. The van der Waals surface area contributed by atoms with Crippen LogP contribution in [0.15, 0.2) is 71.5 Å². The SMILES string of the molecule is COc1cncc2c1[C@]1(O)[C@H](O)[C@H](CN3C4COCC3C4)[C@@H](c3ccccc3)[C@]1(c1ccc(Br)cc1)O2. The summed E-state index contributed by atoms with van der Waals surface area (Å²) in [6.45, 7) is 2.04. The number of fused-ring (bicyclic) bond motifs is 5. The molecule has 7 nitrogen and oxygen atoms in total. The molecule has 2 aromatic carbocycles. The summed E-state index contributed by atoms with van der Waals surface area (Å²) in [4.78, 5) is 6.75. The smallest absolute Gasteiger partial charge is 0.177 e. The van der Waals surface area contributed by atoms with Gasteiger partial charge >= 0.3 is 0 Å². The highest BCUT2D eigenvalue weighted by Gasteiger charge is 2.77. The fourth-order valence-corrected chi connectivity index (χ4v) is 7.65. The van der Waals surface area contributed by atoms with Crippen LogP contribution in [0.1, 0.15) is 29.0 Å². The Bertz CT molecular complexity index is 1310. The van der Waals surface area contributed by atoms with Gasteiger partial charge in [-0.15, -0.1) is 0 Å². The molecule has 1 aromatic heterocycles. The van der Waals surface area contributed by atoms with Gasteiger partial charge in [-0.05, 0) is 29.7 Å². The molecule has 3 aliphatic heterocycles. The number of ether oxygens (including phenoxy) is 3. The Morgan fingerprint density at radius 2 is 1.81 bits per heavy atom. The van der Waals surface area contributed by atoms with Crippen molar-refractivity contribution in [1.29, 1.82) is 0 Å². The molecule has 7 atom stereocenters. The molecule has 37 heavy (non-hydrogen) atoms. The first-order chi connectivity index (χ1) is 18.0. The molecular formula is C29H29BrN2O5. The number of aliphatic hydroxyl groups is 2. The van der Waals surface area contributed by atoms with Crippen molar-refractivity contribution in [3.05, 3.63) is 88.2 Å². The van der Waals surface area contributed by atoms with Crippen LogP contribution in [-0.2, 0) is 15.9 Å². The summed E-state index contributed by atoms with van der Waals surface area (Å²) in [6.07, 6.45) is 3.17. The number of pyridine rings is 1. The zero-order valence-electron chi connectivity index (χ0n) is 20.5. The first-order valence-electron chi connectivity index (χ1n) is 12.8. The summed E-state index contributed by atoms with van der Waals surface area (Å²) >= 11 is 3.55. The number of methoxy groups -OCH3 is 1. The number of morpholine rings is 1. The van der Waals surface area contributed by atoms with E-state index >= 15 is 0 Å². The minimum Gasteiger partial charge on any atom is -0.495 e. The standard InChI is InChI=1S/C29H29BrN2O5/c1-35-23-12-31-13-24-26(23)28(34)27(33)22(14-32-20-11-21(32)16-36-15-20)25(17-5-3-2-4-6-17)29(28,37-24)18-7-9-19(30)10-8-18/h2-10,12-13,20-22,25,27,33-34H,11,14-16H2,1H3/t20?,21?,22-,25-,27-,28+,29+/m1/s1. The zero-order valence-corrected chi connectivity index (χ0v) is 22.0. The van der Waals surface area contributed by atoms with Crippen molar-refractivity contribution in [2.75, 3.05) is 26.9 Å². The summed E-state index contributed by atoms with van der Waals surface area (Å²) in [5, 5.41) is 25.2. The van der Waals surface area contributed by atoms with Crippen LogP contribution in [0.2, 0.25) is 0 Å². The van der Waals surface area contributed by atoms with Crippen molar-refractivity contribution >= 4 is 15.9 Å². The lowest BCUT2D eigenvalue weighted by Gasteiger charge is -2.54. The zero-order chi connectivity index (χ0) is 25.4. The molecule has 0 radical (unpaired) electrons. The molecule has 0 spiro atoms. The topological polar surface area (TPSA) is 84.3 Å². The Labute approximate surface area is 224 Å². The fraction of sp³-hybridized carbons (Fsp3) is 0.414. The highest BCUT2D eigenvalue weighted by atomic mass is 79.9. The van der Waals surface area contributed by atoms with Crippen molar-refractivity contribution in [3.8, 4) is 11.5 Å². The Balaban J connectivity index is 1.47. The van der Waals surface area contributed by atoms with Crippen LogP contribution in [0.5, 0.6) is 11.5 Å². The summed E-state index contributed by atoms with van der Waals surface area (Å²) in [5.74, 6) is 0.164. The second-order valence-electron chi connectivity index (χ2n) is 10.6. The van der Waals surface area contributed by atoms with Crippen LogP contribution in [0.4, 0.5) is 0 Å². The van der Waals surface area contributed by atoms with E-state index in [2.05, 4.69) is 37.9 Å². The monoisotopic (exact) mass is 564 g/mol. The van der Waals surface area contributed by atoms with E-state index in [0.717, 1.165) is 22.0 Å². The molecule has 1 aliphatic carbocycles. The minimum absolute atomic E-state index is 0.314. The number of hydrogen-bond donors (Lipinski definition) is 2. The third kappa shape index (κ3) is 3.11. The lowest BCUT2D eigenvalue weighted by atomic mass is 9.70. The van der Waals surface area contributed by atoms with Gasteiger partial charge in [0.25, 0.3) is 0 Å². The third-order valence-electron chi connectivity index (χ3n) is 8.97. The average molecular weight is 565 g/mol. The molecule has 7 rings (SSSR count). The maximum atomic E-state index is 12.9. The van der Waals surface area contributed by atoms with E-state index in [0.29, 0.717) is 48.9 Å². The van der Waals surface area contributed by atoms with Crippen molar-refractivity contribution in [2.24, 2.45) is 5.92 Å². The lowest BCUT2D eigenvalue weighted by Crippen LogP contribution is -2.65. The molecule has 3 aromatic rings. The predicted molar refractivity (Wildman–Crippen MR) is 140 cm³/mol. The maximum Gasteiger partial charge on any atom is 0.177 e. The van der Waals surface area contributed by atoms with Gasteiger partial charge in [-0.3, -0.25) is 9.88 Å². The molecule has 4 heterocycles. The van der Waals surface area contributed by atoms with E-state index in [4.69, 9.17) is 14.2 Å². The number of benzene rings is 2. The van der Waals surface area contributed by atoms with Crippen LogP contribution >= 0.6 is 15.9 Å². The number of halogens is 1.